The van der Waals surface area contributed by atoms with Crippen molar-refractivity contribution in [2.75, 3.05) is 7.11 Å². The fraction of sp³-hybridized carbons (Fsp3) is 0.0588. The molecule has 22 heavy (non-hydrogen) atoms. The van der Waals surface area contributed by atoms with Gasteiger partial charge < -0.3 is 4.74 Å². The molecular formula is C17H14FN3O. The van der Waals surface area contributed by atoms with Crippen LogP contribution in [-0.2, 0) is 0 Å². The molecule has 0 fully saturated rings. The first kappa shape index (κ1) is 14.0. The van der Waals surface area contributed by atoms with Crippen LogP contribution in [0.1, 0.15) is 11.3 Å². The van der Waals surface area contributed by atoms with Crippen LogP contribution in [0, 0.1) is 5.82 Å². The van der Waals surface area contributed by atoms with E-state index in [1.54, 1.807) is 30.1 Å². The molecule has 3 aromatic rings. The Morgan fingerprint density at radius 2 is 1.91 bits per heavy atom. The Labute approximate surface area is 127 Å². The molecule has 0 aliphatic carbocycles. The first-order valence-corrected chi connectivity index (χ1v) is 6.75. The number of rotatable bonds is 4. The van der Waals surface area contributed by atoms with Crippen LogP contribution in [0.15, 0.2) is 54.7 Å². The Kier molecular flexibility index (Phi) is 3.96. The van der Waals surface area contributed by atoms with Gasteiger partial charge in [0, 0.05) is 0 Å². The van der Waals surface area contributed by atoms with Crippen molar-refractivity contribution in [3.63, 3.8) is 0 Å². The number of halogens is 1. The number of ether oxygens (including phenoxy) is 1. The second-order valence-electron chi connectivity index (χ2n) is 4.67. The first-order valence-electron chi connectivity index (χ1n) is 6.75. The highest BCUT2D eigenvalue weighted by Gasteiger charge is 2.01. The van der Waals surface area contributed by atoms with E-state index >= 15 is 0 Å². The summed E-state index contributed by atoms with van der Waals surface area (Å²) in [5.74, 6) is 0.527. The summed E-state index contributed by atoms with van der Waals surface area (Å²) in [5, 5.41) is 8.10. The van der Waals surface area contributed by atoms with Crippen molar-refractivity contribution < 1.29 is 9.13 Å². The van der Waals surface area contributed by atoms with E-state index in [0.29, 0.717) is 5.69 Å². The molecule has 3 rings (SSSR count). The van der Waals surface area contributed by atoms with Crippen LogP contribution in [0.2, 0.25) is 0 Å². The predicted molar refractivity (Wildman–Crippen MR) is 83.2 cm³/mol. The van der Waals surface area contributed by atoms with Gasteiger partial charge in [0.2, 0.25) is 0 Å². The summed E-state index contributed by atoms with van der Waals surface area (Å²) in [6.07, 6.45) is 5.58. The van der Waals surface area contributed by atoms with Crippen molar-refractivity contribution >= 4 is 12.2 Å². The van der Waals surface area contributed by atoms with Crippen LogP contribution in [0.3, 0.4) is 0 Å². The van der Waals surface area contributed by atoms with E-state index in [4.69, 9.17) is 4.74 Å². The number of benzene rings is 2. The highest BCUT2D eigenvalue weighted by molar-refractivity contribution is 5.68. The molecule has 0 saturated carbocycles. The number of nitrogens with zero attached hydrogens (tertiary/aromatic N) is 3. The Hall–Kier alpha value is -2.95. The van der Waals surface area contributed by atoms with Gasteiger partial charge in [-0.2, -0.15) is 0 Å². The quantitative estimate of drug-likeness (QED) is 0.738. The lowest BCUT2D eigenvalue weighted by atomic mass is 10.2. The molecule has 0 radical (unpaired) electrons. The number of methoxy groups -OCH3 is 1. The Morgan fingerprint density at radius 1 is 1.09 bits per heavy atom. The predicted octanol–water partition coefficient (Wildman–Crippen LogP) is 3.59. The van der Waals surface area contributed by atoms with Crippen LogP contribution in [0.5, 0.6) is 5.75 Å². The highest BCUT2D eigenvalue weighted by atomic mass is 19.1. The molecular weight excluding hydrogens is 281 g/mol. The van der Waals surface area contributed by atoms with E-state index in [0.717, 1.165) is 17.0 Å². The minimum Gasteiger partial charge on any atom is -0.497 e. The molecule has 0 aliphatic rings. The molecule has 1 aromatic heterocycles. The Morgan fingerprint density at radius 3 is 2.68 bits per heavy atom. The Bertz CT molecular complexity index is 794. The first-order chi connectivity index (χ1) is 10.7. The smallest absolute Gasteiger partial charge is 0.123 e. The fourth-order valence-electron chi connectivity index (χ4n) is 2.00. The second kappa shape index (κ2) is 6.22. The maximum Gasteiger partial charge on any atom is 0.123 e. The van der Waals surface area contributed by atoms with Crippen LogP contribution in [0.4, 0.5) is 4.39 Å². The SMILES string of the molecule is COc1cccc(/C=C/c2cn(-c3ccc(F)cc3)nn2)c1. The summed E-state index contributed by atoms with van der Waals surface area (Å²) in [4.78, 5) is 0. The molecule has 0 bridgehead atoms. The van der Waals surface area contributed by atoms with Crippen molar-refractivity contribution in [2.24, 2.45) is 0 Å². The second-order valence-corrected chi connectivity index (χ2v) is 4.67. The molecule has 5 heteroatoms. The topological polar surface area (TPSA) is 39.9 Å². The third-order valence-electron chi connectivity index (χ3n) is 3.14. The number of aromatic nitrogens is 3. The number of hydrogen-bond acceptors (Lipinski definition) is 3. The minimum absolute atomic E-state index is 0.276. The maximum absolute atomic E-state index is 12.9. The van der Waals surface area contributed by atoms with E-state index < -0.39 is 0 Å². The van der Waals surface area contributed by atoms with Crippen LogP contribution < -0.4 is 4.74 Å². The minimum atomic E-state index is -0.276. The van der Waals surface area contributed by atoms with Gasteiger partial charge in [-0.3, -0.25) is 0 Å². The van der Waals surface area contributed by atoms with Gasteiger partial charge >= 0.3 is 0 Å². The molecule has 0 aliphatic heterocycles. The lowest BCUT2D eigenvalue weighted by Gasteiger charge is -1.99. The van der Waals surface area contributed by atoms with Gasteiger partial charge in [0.25, 0.3) is 0 Å². The molecule has 1 heterocycles. The van der Waals surface area contributed by atoms with Gasteiger partial charge in [-0.15, -0.1) is 5.10 Å². The summed E-state index contributed by atoms with van der Waals surface area (Å²) in [7, 11) is 1.64. The van der Waals surface area contributed by atoms with Crippen LogP contribution >= 0.6 is 0 Å². The molecule has 0 saturated heterocycles. The van der Waals surface area contributed by atoms with E-state index in [1.807, 2.05) is 36.4 Å². The zero-order valence-electron chi connectivity index (χ0n) is 12.0. The summed E-state index contributed by atoms with van der Waals surface area (Å²) >= 11 is 0. The molecule has 110 valence electrons. The average Bonchev–Trinajstić information content (AvgIpc) is 3.03. The summed E-state index contributed by atoms with van der Waals surface area (Å²) in [6.45, 7) is 0. The number of hydrogen-bond donors (Lipinski definition) is 0. The molecule has 0 amide bonds. The third-order valence-corrected chi connectivity index (χ3v) is 3.14. The zero-order valence-corrected chi connectivity index (χ0v) is 12.0. The van der Waals surface area contributed by atoms with Crippen molar-refractivity contribution in [3.8, 4) is 11.4 Å². The molecule has 0 N–H and O–H groups in total. The van der Waals surface area contributed by atoms with Gasteiger partial charge in [-0.25, -0.2) is 9.07 Å². The van der Waals surface area contributed by atoms with Crippen molar-refractivity contribution in [1.29, 1.82) is 0 Å². The average molecular weight is 295 g/mol. The van der Waals surface area contributed by atoms with Gasteiger partial charge in [0.1, 0.15) is 17.3 Å². The third kappa shape index (κ3) is 3.20. The van der Waals surface area contributed by atoms with Crippen LogP contribution in [-0.4, -0.2) is 22.1 Å². The van der Waals surface area contributed by atoms with Gasteiger partial charge in [0.15, 0.2) is 0 Å². The largest absolute Gasteiger partial charge is 0.497 e. The lowest BCUT2D eigenvalue weighted by molar-refractivity contribution is 0.414. The Balaban J connectivity index is 1.79. The van der Waals surface area contributed by atoms with Gasteiger partial charge in [-0.05, 0) is 48.0 Å². The highest BCUT2D eigenvalue weighted by Crippen LogP contribution is 2.15. The monoisotopic (exact) mass is 295 g/mol. The standard InChI is InChI=1S/C17H14FN3O/c1-22-17-4-2-3-13(11-17)5-8-15-12-21(20-19-15)16-9-6-14(18)7-10-16/h2-12H,1H3/b8-5+. The molecule has 0 atom stereocenters. The van der Waals surface area contributed by atoms with Crippen molar-refractivity contribution in [2.45, 2.75) is 0 Å². The molecule has 2 aromatic carbocycles. The van der Waals surface area contributed by atoms with E-state index in [1.165, 1.54) is 12.1 Å². The van der Waals surface area contributed by atoms with E-state index in [-0.39, 0.29) is 5.82 Å². The lowest BCUT2D eigenvalue weighted by Crippen LogP contribution is -1.94. The van der Waals surface area contributed by atoms with Gasteiger partial charge in [-0.1, -0.05) is 23.4 Å². The van der Waals surface area contributed by atoms with Crippen molar-refractivity contribution in [1.82, 2.24) is 15.0 Å². The summed E-state index contributed by atoms with van der Waals surface area (Å²) in [6, 6.07) is 13.8. The fourth-order valence-corrected chi connectivity index (χ4v) is 2.00. The normalized spacial score (nSPS) is 11.0. The molecule has 4 nitrogen and oxygen atoms in total. The molecule has 0 spiro atoms. The van der Waals surface area contributed by atoms with Crippen molar-refractivity contribution in [3.05, 3.63) is 71.8 Å². The maximum atomic E-state index is 12.9. The van der Waals surface area contributed by atoms with Gasteiger partial charge in [0.05, 0.1) is 19.0 Å². The van der Waals surface area contributed by atoms with E-state index in [2.05, 4.69) is 10.3 Å². The summed E-state index contributed by atoms with van der Waals surface area (Å²) in [5.41, 5.74) is 2.48. The van der Waals surface area contributed by atoms with Crippen LogP contribution in [0.25, 0.3) is 17.8 Å². The molecule has 0 unspecified atom stereocenters. The summed E-state index contributed by atoms with van der Waals surface area (Å²) < 4.78 is 19.7. The van der Waals surface area contributed by atoms with E-state index in [9.17, 15) is 4.39 Å². The zero-order chi connectivity index (χ0) is 15.4.